The highest BCUT2D eigenvalue weighted by Crippen LogP contribution is 2.13. The summed E-state index contributed by atoms with van der Waals surface area (Å²) >= 11 is 0. The van der Waals surface area contributed by atoms with Crippen molar-refractivity contribution in [3.63, 3.8) is 0 Å². The Morgan fingerprint density at radius 1 is 1.22 bits per heavy atom. The van der Waals surface area contributed by atoms with Gasteiger partial charge in [-0.2, -0.15) is 0 Å². The Bertz CT molecular complexity index is 673. The molecule has 0 aromatic heterocycles. The van der Waals surface area contributed by atoms with E-state index in [1.54, 1.807) is 23.1 Å². The van der Waals surface area contributed by atoms with Crippen molar-refractivity contribution >= 4 is 22.0 Å². The molecule has 0 bridgehead atoms. The molecule has 23 heavy (non-hydrogen) atoms. The van der Waals surface area contributed by atoms with Gasteiger partial charge in [-0.05, 0) is 44.7 Å². The molecule has 126 valence electrons. The number of amides is 1. The van der Waals surface area contributed by atoms with E-state index in [4.69, 9.17) is 4.74 Å². The van der Waals surface area contributed by atoms with Crippen molar-refractivity contribution < 1.29 is 17.9 Å². The molecule has 1 saturated heterocycles. The smallest absolute Gasteiger partial charge is 0.246 e. The van der Waals surface area contributed by atoms with Gasteiger partial charge in [-0.1, -0.05) is 12.1 Å². The SMILES string of the molecule is CNS(=O)(=O)c1ccc(/C=C/C(=O)N2C[C@H](C)O[C@@H](C)C2)cc1. The van der Waals surface area contributed by atoms with E-state index in [-0.39, 0.29) is 23.0 Å². The molecule has 1 fully saturated rings. The zero-order valence-corrected chi connectivity index (χ0v) is 14.3. The van der Waals surface area contributed by atoms with Gasteiger partial charge in [-0.3, -0.25) is 4.79 Å². The van der Waals surface area contributed by atoms with Crippen LogP contribution in [0, 0.1) is 0 Å². The van der Waals surface area contributed by atoms with Crippen molar-refractivity contribution in [2.75, 3.05) is 20.1 Å². The third kappa shape index (κ3) is 4.63. The molecule has 1 amide bonds. The minimum Gasteiger partial charge on any atom is -0.372 e. The molecular formula is C16H22N2O4S. The van der Waals surface area contributed by atoms with Gasteiger partial charge in [0.25, 0.3) is 0 Å². The van der Waals surface area contributed by atoms with Gasteiger partial charge in [0.2, 0.25) is 15.9 Å². The first-order valence-electron chi connectivity index (χ1n) is 7.48. The lowest BCUT2D eigenvalue weighted by atomic mass is 10.2. The summed E-state index contributed by atoms with van der Waals surface area (Å²) in [4.78, 5) is 14.2. The van der Waals surface area contributed by atoms with Crippen LogP contribution in [0.5, 0.6) is 0 Å². The molecule has 6 nitrogen and oxygen atoms in total. The Labute approximate surface area is 137 Å². The largest absolute Gasteiger partial charge is 0.372 e. The average Bonchev–Trinajstić information content (AvgIpc) is 2.52. The maximum Gasteiger partial charge on any atom is 0.246 e. The van der Waals surface area contributed by atoms with E-state index in [1.165, 1.54) is 25.3 Å². The van der Waals surface area contributed by atoms with Crippen molar-refractivity contribution in [1.82, 2.24) is 9.62 Å². The van der Waals surface area contributed by atoms with Crippen molar-refractivity contribution in [3.05, 3.63) is 35.9 Å². The number of rotatable bonds is 4. The second kappa shape index (κ2) is 7.25. The van der Waals surface area contributed by atoms with Gasteiger partial charge in [0, 0.05) is 19.2 Å². The Balaban J connectivity index is 2.04. The zero-order chi connectivity index (χ0) is 17.0. The molecule has 0 unspecified atom stereocenters. The van der Waals surface area contributed by atoms with Gasteiger partial charge in [-0.15, -0.1) is 0 Å². The number of hydrogen-bond donors (Lipinski definition) is 1. The number of ether oxygens (including phenoxy) is 1. The fourth-order valence-corrected chi connectivity index (χ4v) is 3.24. The summed E-state index contributed by atoms with van der Waals surface area (Å²) in [7, 11) is -2.07. The predicted molar refractivity (Wildman–Crippen MR) is 88.3 cm³/mol. The van der Waals surface area contributed by atoms with Crippen LogP contribution >= 0.6 is 0 Å². The molecule has 2 atom stereocenters. The molecule has 0 saturated carbocycles. The van der Waals surface area contributed by atoms with Crippen LogP contribution in [0.3, 0.4) is 0 Å². The van der Waals surface area contributed by atoms with Crippen LogP contribution in [0.25, 0.3) is 6.08 Å². The highest BCUT2D eigenvalue weighted by molar-refractivity contribution is 7.89. The van der Waals surface area contributed by atoms with Crippen molar-refractivity contribution in [2.45, 2.75) is 31.0 Å². The van der Waals surface area contributed by atoms with Gasteiger partial charge in [0.05, 0.1) is 17.1 Å². The van der Waals surface area contributed by atoms with E-state index in [2.05, 4.69) is 4.72 Å². The van der Waals surface area contributed by atoms with Gasteiger partial charge >= 0.3 is 0 Å². The van der Waals surface area contributed by atoms with Gasteiger partial charge in [0.1, 0.15) is 0 Å². The first-order chi connectivity index (χ1) is 10.8. The Hall–Kier alpha value is -1.70. The lowest BCUT2D eigenvalue weighted by Crippen LogP contribution is -2.47. The number of benzene rings is 1. The molecular weight excluding hydrogens is 316 g/mol. The molecule has 1 aromatic carbocycles. The molecule has 2 rings (SSSR count). The first-order valence-corrected chi connectivity index (χ1v) is 8.96. The molecule has 1 heterocycles. The van der Waals surface area contributed by atoms with Crippen LogP contribution in [0.15, 0.2) is 35.2 Å². The molecule has 1 aliphatic rings. The zero-order valence-electron chi connectivity index (χ0n) is 13.5. The lowest BCUT2D eigenvalue weighted by Gasteiger charge is -2.34. The number of nitrogens with zero attached hydrogens (tertiary/aromatic N) is 1. The van der Waals surface area contributed by atoms with Crippen LogP contribution in [0.4, 0.5) is 0 Å². The van der Waals surface area contributed by atoms with E-state index in [1.807, 2.05) is 13.8 Å². The number of carbonyl (C=O) groups excluding carboxylic acids is 1. The fourth-order valence-electron chi connectivity index (χ4n) is 2.51. The van der Waals surface area contributed by atoms with Gasteiger partial charge < -0.3 is 9.64 Å². The van der Waals surface area contributed by atoms with E-state index in [9.17, 15) is 13.2 Å². The summed E-state index contributed by atoms with van der Waals surface area (Å²) in [5, 5.41) is 0. The van der Waals surface area contributed by atoms with Crippen LogP contribution in [0.1, 0.15) is 19.4 Å². The highest BCUT2D eigenvalue weighted by Gasteiger charge is 2.24. The normalized spacial score (nSPS) is 22.5. The number of morpholine rings is 1. The number of sulfonamides is 1. The number of nitrogens with one attached hydrogen (secondary N) is 1. The quantitative estimate of drug-likeness (QED) is 0.838. The fraction of sp³-hybridized carbons (Fsp3) is 0.438. The molecule has 1 aliphatic heterocycles. The van der Waals surface area contributed by atoms with Crippen molar-refractivity contribution in [3.8, 4) is 0 Å². The maximum atomic E-state index is 12.2. The van der Waals surface area contributed by atoms with Crippen LogP contribution in [-0.2, 0) is 19.6 Å². The number of carbonyl (C=O) groups is 1. The molecule has 7 heteroatoms. The summed E-state index contributed by atoms with van der Waals surface area (Å²) in [6.45, 7) is 5.04. The van der Waals surface area contributed by atoms with E-state index >= 15 is 0 Å². The molecule has 1 aromatic rings. The average molecular weight is 338 g/mol. The third-order valence-corrected chi connectivity index (χ3v) is 5.04. The topological polar surface area (TPSA) is 75.7 Å². The summed E-state index contributed by atoms with van der Waals surface area (Å²) in [6, 6.07) is 6.35. The second-order valence-electron chi connectivity index (χ2n) is 5.61. The second-order valence-corrected chi connectivity index (χ2v) is 7.50. The Kier molecular flexibility index (Phi) is 5.56. The van der Waals surface area contributed by atoms with Crippen LogP contribution in [-0.4, -0.2) is 51.6 Å². The Morgan fingerprint density at radius 2 is 1.78 bits per heavy atom. The summed E-state index contributed by atoms with van der Waals surface area (Å²) in [5.41, 5.74) is 0.766. The van der Waals surface area contributed by atoms with E-state index in [0.717, 1.165) is 5.56 Å². The monoisotopic (exact) mass is 338 g/mol. The molecule has 0 aliphatic carbocycles. The number of hydrogen-bond acceptors (Lipinski definition) is 4. The predicted octanol–water partition coefficient (Wildman–Crippen LogP) is 1.24. The standard InChI is InChI=1S/C16H22N2O4S/c1-12-10-18(11-13(2)22-12)16(19)9-6-14-4-7-15(8-5-14)23(20,21)17-3/h4-9,12-13,17H,10-11H2,1-3H3/b9-6+/t12-,13-/m0/s1. The summed E-state index contributed by atoms with van der Waals surface area (Å²) in [6.07, 6.45) is 3.25. The van der Waals surface area contributed by atoms with Gasteiger partial charge in [-0.25, -0.2) is 13.1 Å². The molecule has 0 radical (unpaired) electrons. The van der Waals surface area contributed by atoms with Crippen molar-refractivity contribution in [1.29, 1.82) is 0 Å². The maximum absolute atomic E-state index is 12.2. The molecule has 0 spiro atoms. The van der Waals surface area contributed by atoms with E-state index < -0.39 is 10.0 Å². The third-order valence-electron chi connectivity index (χ3n) is 3.61. The minimum absolute atomic E-state index is 0.0298. The van der Waals surface area contributed by atoms with Crippen LogP contribution < -0.4 is 4.72 Å². The highest BCUT2D eigenvalue weighted by atomic mass is 32.2. The van der Waals surface area contributed by atoms with E-state index in [0.29, 0.717) is 13.1 Å². The summed E-state index contributed by atoms with van der Waals surface area (Å²) < 4.78 is 31.2. The lowest BCUT2D eigenvalue weighted by molar-refractivity contribution is -0.137. The molecule has 1 N–H and O–H groups in total. The Morgan fingerprint density at radius 3 is 2.30 bits per heavy atom. The van der Waals surface area contributed by atoms with Crippen LogP contribution in [0.2, 0.25) is 0 Å². The minimum atomic E-state index is -3.44. The van der Waals surface area contributed by atoms with Gasteiger partial charge in [0.15, 0.2) is 0 Å². The van der Waals surface area contributed by atoms with Crippen molar-refractivity contribution in [2.24, 2.45) is 0 Å². The summed E-state index contributed by atoms with van der Waals surface area (Å²) in [5.74, 6) is -0.0704. The first kappa shape index (κ1) is 17.7.